The molecule has 1 amide bonds. The van der Waals surface area contributed by atoms with Crippen LogP contribution in [0.5, 0.6) is 0 Å². The normalized spacial score (nSPS) is 17.2. The zero-order chi connectivity index (χ0) is 14.1. The van der Waals surface area contributed by atoms with Crippen molar-refractivity contribution in [3.63, 3.8) is 0 Å². The Morgan fingerprint density at radius 1 is 1.26 bits per heavy atom. The Labute approximate surface area is 116 Å². The molecule has 0 spiro atoms. The first-order chi connectivity index (χ1) is 9.13. The molecule has 0 atom stereocenters. The summed E-state index contributed by atoms with van der Waals surface area (Å²) in [5, 5.41) is 3.10. The lowest BCUT2D eigenvalue weighted by Gasteiger charge is -2.35. The van der Waals surface area contributed by atoms with Crippen molar-refractivity contribution < 1.29 is 9.53 Å². The first-order valence-electron chi connectivity index (χ1n) is 6.98. The van der Waals surface area contributed by atoms with Crippen LogP contribution in [0.1, 0.15) is 0 Å². The highest BCUT2D eigenvalue weighted by Crippen LogP contribution is 2.01. The minimum absolute atomic E-state index is 0.198. The van der Waals surface area contributed by atoms with Gasteiger partial charge in [0, 0.05) is 52.9 Å². The van der Waals surface area contributed by atoms with E-state index in [0.29, 0.717) is 13.2 Å². The van der Waals surface area contributed by atoms with E-state index < -0.39 is 0 Å². The van der Waals surface area contributed by atoms with Crippen molar-refractivity contribution in [1.82, 2.24) is 20.0 Å². The van der Waals surface area contributed by atoms with Crippen LogP contribution in [0, 0.1) is 0 Å². The smallest absolute Gasteiger partial charge is 0.236 e. The Bertz CT molecular complexity index is 253. The van der Waals surface area contributed by atoms with Crippen LogP contribution in [0.4, 0.5) is 0 Å². The van der Waals surface area contributed by atoms with E-state index in [0.717, 1.165) is 45.8 Å². The summed E-state index contributed by atoms with van der Waals surface area (Å²) in [4.78, 5) is 18.5. The van der Waals surface area contributed by atoms with Crippen LogP contribution in [0.15, 0.2) is 0 Å². The molecule has 1 N–H and O–H groups in total. The molecule has 19 heavy (non-hydrogen) atoms. The molecule has 0 bridgehead atoms. The number of likely N-dealkylation sites (N-methyl/N-ethyl adjacent to an activating group) is 1. The van der Waals surface area contributed by atoms with Crippen LogP contribution in [-0.2, 0) is 9.53 Å². The zero-order valence-electron chi connectivity index (χ0n) is 12.5. The molecule has 112 valence electrons. The third-order valence-corrected chi connectivity index (χ3v) is 3.35. The summed E-state index contributed by atoms with van der Waals surface area (Å²) < 4.78 is 4.93. The van der Waals surface area contributed by atoms with Gasteiger partial charge in [0.15, 0.2) is 0 Å². The van der Waals surface area contributed by atoms with E-state index >= 15 is 0 Å². The van der Waals surface area contributed by atoms with E-state index in [-0.39, 0.29) is 5.91 Å². The second-order valence-corrected chi connectivity index (χ2v) is 5.20. The zero-order valence-corrected chi connectivity index (χ0v) is 12.5. The molecule has 0 radical (unpaired) electrons. The van der Waals surface area contributed by atoms with Gasteiger partial charge in [-0.3, -0.25) is 9.69 Å². The van der Waals surface area contributed by atoms with Crippen LogP contribution < -0.4 is 5.32 Å². The number of hydrogen-bond acceptors (Lipinski definition) is 5. The molecule has 0 aromatic heterocycles. The van der Waals surface area contributed by atoms with Gasteiger partial charge in [-0.1, -0.05) is 0 Å². The fraction of sp³-hybridized carbons (Fsp3) is 0.923. The fourth-order valence-corrected chi connectivity index (χ4v) is 2.04. The number of ether oxygens (including phenoxy) is 1. The number of amides is 1. The SMILES string of the molecule is COCCNCC(=O)N1CCN(CCN(C)C)CC1. The van der Waals surface area contributed by atoms with Gasteiger partial charge in [0.1, 0.15) is 0 Å². The molecule has 1 fully saturated rings. The van der Waals surface area contributed by atoms with E-state index in [1.165, 1.54) is 0 Å². The lowest BCUT2D eigenvalue weighted by atomic mass is 10.3. The summed E-state index contributed by atoms with van der Waals surface area (Å²) in [5.41, 5.74) is 0. The number of methoxy groups -OCH3 is 1. The minimum Gasteiger partial charge on any atom is -0.383 e. The first-order valence-corrected chi connectivity index (χ1v) is 6.98. The predicted molar refractivity (Wildman–Crippen MR) is 76.3 cm³/mol. The van der Waals surface area contributed by atoms with Gasteiger partial charge in [0.2, 0.25) is 5.91 Å². The number of piperazine rings is 1. The summed E-state index contributed by atoms with van der Waals surface area (Å²) in [5.74, 6) is 0.198. The summed E-state index contributed by atoms with van der Waals surface area (Å²) in [6.07, 6.45) is 0. The van der Waals surface area contributed by atoms with E-state index in [9.17, 15) is 4.79 Å². The van der Waals surface area contributed by atoms with Gasteiger partial charge >= 0.3 is 0 Å². The van der Waals surface area contributed by atoms with Crippen LogP contribution >= 0.6 is 0 Å². The summed E-state index contributed by atoms with van der Waals surface area (Å²) in [7, 11) is 5.84. The summed E-state index contributed by atoms with van der Waals surface area (Å²) in [6, 6.07) is 0. The van der Waals surface area contributed by atoms with Crippen molar-refractivity contribution in [1.29, 1.82) is 0 Å². The topological polar surface area (TPSA) is 48.1 Å². The van der Waals surface area contributed by atoms with E-state index in [1.54, 1.807) is 7.11 Å². The van der Waals surface area contributed by atoms with Crippen LogP contribution in [-0.4, -0.2) is 101 Å². The van der Waals surface area contributed by atoms with Gasteiger partial charge in [0.25, 0.3) is 0 Å². The van der Waals surface area contributed by atoms with Gasteiger partial charge in [-0.05, 0) is 14.1 Å². The summed E-state index contributed by atoms with van der Waals surface area (Å²) >= 11 is 0. The Hall–Kier alpha value is -0.690. The van der Waals surface area contributed by atoms with Crippen LogP contribution in [0.25, 0.3) is 0 Å². The molecule has 0 unspecified atom stereocenters. The molecular formula is C13H28N4O2. The number of carbonyl (C=O) groups excluding carboxylic acids is 1. The van der Waals surface area contributed by atoms with Crippen LogP contribution in [0.2, 0.25) is 0 Å². The fourth-order valence-electron chi connectivity index (χ4n) is 2.04. The number of hydrogen-bond donors (Lipinski definition) is 1. The minimum atomic E-state index is 0.198. The molecular weight excluding hydrogens is 244 g/mol. The van der Waals surface area contributed by atoms with E-state index in [1.807, 2.05) is 4.90 Å². The number of nitrogens with one attached hydrogen (secondary N) is 1. The number of carbonyl (C=O) groups is 1. The maximum Gasteiger partial charge on any atom is 0.236 e. The number of nitrogens with zero attached hydrogens (tertiary/aromatic N) is 3. The van der Waals surface area contributed by atoms with Gasteiger partial charge in [-0.25, -0.2) is 0 Å². The van der Waals surface area contributed by atoms with Gasteiger partial charge < -0.3 is 19.9 Å². The highest BCUT2D eigenvalue weighted by atomic mass is 16.5. The molecule has 1 rings (SSSR count). The Morgan fingerprint density at radius 3 is 2.53 bits per heavy atom. The van der Waals surface area contributed by atoms with E-state index in [4.69, 9.17) is 4.74 Å². The molecule has 1 aliphatic heterocycles. The highest BCUT2D eigenvalue weighted by molar-refractivity contribution is 5.78. The lowest BCUT2D eigenvalue weighted by Crippen LogP contribution is -2.51. The standard InChI is InChI=1S/C13H28N4O2/c1-15(2)5-6-16-7-9-17(10-8-16)13(18)12-14-4-11-19-3/h14H,4-12H2,1-3H3. The van der Waals surface area contributed by atoms with Crippen molar-refractivity contribution in [3.05, 3.63) is 0 Å². The largest absolute Gasteiger partial charge is 0.383 e. The molecule has 6 heteroatoms. The van der Waals surface area contributed by atoms with Crippen molar-refractivity contribution in [3.8, 4) is 0 Å². The maximum atomic E-state index is 11.9. The quantitative estimate of drug-likeness (QED) is 0.570. The van der Waals surface area contributed by atoms with Crippen LogP contribution in [0.3, 0.4) is 0 Å². The molecule has 6 nitrogen and oxygen atoms in total. The average Bonchev–Trinajstić information content (AvgIpc) is 2.41. The molecule has 1 aliphatic rings. The van der Waals surface area contributed by atoms with Gasteiger partial charge in [-0.2, -0.15) is 0 Å². The van der Waals surface area contributed by atoms with Crippen molar-refractivity contribution in [2.24, 2.45) is 0 Å². The van der Waals surface area contributed by atoms with E-state index in [2.05, 4.69) is 29.2 Å². The second kappa shape index (κ2) is 9.25. The molecule has 0 aliphatic carbocycles. The molecule has 0 aromatic carbocycles. The molecule has 0 saturated carbocycles. The van der Waals surface area contributed by atoms with Gasteiger partial charge in [-0.15, -0.1) is 0 Å². The maximum absolute atomic E-state index is 11.9. The number of rotatable bonds is 8. The second-order valence-electron chi connectivity index (χ2n) is 5.20. The molecule has 1 heterocycles. The Kier molecular flexibility index (Phi) is 7.97. The lowest BCUT2D eigenvalue weighted by molar-refractivity contribution is -0.132. The Morgan fingerprint density at radius 2 is 1.95 bits per heavy atom. The van der Waals surface area contributed by atoms with Crippen molar-refractivity contribution in [2.45, 2.75) is 0 Å². The average molecular weight is 272 g/mol. The molecule has 1 saturated heterocycles. The van der Waals surface area contributed by atoms with Crippen molar-refractivity contribution >= 4 is 5.91 Å². The third-order valence-electron chi connectivity index (χ3n) is 3.35. The van der Waals surface area contributed by atoms with Gasteiger partial charge in [0.05, 0.1) is 13.2 Å². The first kappa shape index (κ1) is 16.4. The highest BCUT2D eigenvalue weighted by Gasteiger charge is 2.20. The summed E-state index contributed by atoms with van der Waals surface area (Å²) in [6.45, 7) is 7.61. The molecule has 0 aromatic rings. The monoisotopic (exact) mass is 272 g/mol. The Balaban J connectivity index is 2.12. The third kappa shape index (κ3) is 6.87. The van der Waals surface area contributed by atoms with Crippen molar-refractivity contribution in [2.75, 3.05) is 80.2 Å². The predicted octanol–water partition coefficient (Wildman–Crippen LogP) is -1.07.